The third kappa shape index (κ3) is 2.73. The average Bonchev–Trinajstić information content (AvgIpc) is 2.39. The van der Waals surface area contributed by atoms with Gasteiger partial charge >= 0.3 is 0 Å². The fourth-order valence-electron chi connectivity index (χ4n) is 2.30. The molecule has 0 spiro atoms. The van der Waals surface area contributed by atoms with Crippen molar-refractivity contribution in [3.8, 4) is 0 Å². The zero-order valence-electron chi connectivity index (χ0n) is 9.91. The van der Waals surface area contributed by atoms with Crippen molar-refractivity contribution >= 4 is 5.69 Å². The molecule has 1 heterocycles. The maximum atomic E-state index is 13.2. The van der Waals surface area contributed by atoms with Gasteiger partial charge in [-0.3, -0.25) is 0 Å². The lowest BCUT2D eigenvalue weighted by Gasteiger charge is -2.24. The lowest BCUT2D eigenvalue weighted by atomic mass is 10.2. The number of nitrogens with one attached hydrogen (secondary N) is 1. The fourth-order valence-corrected chi connectivity index (χ4v) is 2.30. The predicted octanol–water partition coefficient (Wildman–Crippen LogP) is 2.40. The van der Waals surface area contributed by atoms with Crippen LogP contribution in [0.25, 0.3) is 0 Å². The summed E-state index contributed by atoms with van der Waals surface area (Å²) in [5, 5.41) is 3.52. The lowest BCUT2D eigenvalue weighted by molar-refractivity contribution is 0.492. The molecule has 1 fully saturated rings. The van der Waals surface area contributed by atoms with Crippen LogP contribution >= 0.6 is 0 Å². The smallest absolute Gasteiger partial charge is 0.125 e. The lowest BCUT2D eigenvalue weighted by Crippen LogP contribution is -2.37. The first kappa shape index (κ1) is 11.4. The highest BCUT2D eigenvalue weighted by Crippen LogP contribution is 2.18. The summed E-state index contributed by atoms with van der Waals surface area (Å²) in [5.41, 5.74) is 0.989. The summed E-state index contributed by atoms with van der Waals surface area (Å²) in [4.78, 5) is 2.25. The predicted molar refractivity (Wildman–Crippen MR) is 65.3 cm³/mol. The van der Waals surface area contributed by atoms with Gasteiger partial charge in [-0.2, -0.15) is 0 Å². The Morgan fingerprint density at radius 2 is 2.12 bits per heavy atom. The molecule has 3 heteroatoms. The topological polar surface area (TPSA) is 15.3 Å². The number of rotatable bonds is 1. The van der Waals surface area contributed by atoms with Crippen molar-refractivity contribution in [2.24, 2.45) is 0 Å². The quantitative estimate of drug-likeness (QED) is 0.785. The van der Waals surface area contributed by atoms with Gasteiger partial charge in [-0.05, 0) is 38.5 Å². The van der Waals surface area contributed by atoms with Gasteiger partial charge in [0.1, 0.15) is 5.82 Å². The van der Waals surface area contributed by atoms with Crippen molar-refractivity contribution in [1.29, 1.82) is 0 Å². The maximum Gasteiger partial charge on any atom is 0.125 e. The number of benzene rings is 1. The molecule has 0 saturated carbocycles. The molecule has 88 valence electrons. The Bertz CT molecular complexity index is 354. The van der Waals surface area contributed by atoms with Gasteiger partial charge in [0.15, 0.2) is 0 Å². The van der Waals surface area contributed by atoms with E-state index in [4.69, 9.17) is 0 Å². The minimum atomic E-state index is -0.157. The van der Waals surface area contributed by atoms with Crippen molar-refractivity contribution in [1.82, 2.24) is 5.32 Å². The maximum absolute atomic E-state index is 13.2. The summed E-state index contributed by atoms with van der Waals surface area (Å²) in [6.45, 7) is 6.30. The Hall–Kier alpha value is -1.09. The van der Waals surface area contributed by atoms with Gasteiger partial charge in [-0.15, -0.1) is 0 Å². The molecule has 1 aliphatic rings. The largest absolute Gasteiger partial charge is 0.370 e. The normalized spacial score (nSPS) is 26.6. The van der Waals surface area contributed by atoms with Crippen LogP contribution in [-0.4, -0.2) is 25.2 Å². The molecule has 1 saturated heterocycles. The van der Waals surface area contributed by atoms with Gasteiger partial charge < -0.3 is 10.2 Å². The highest BCUT2D eigenvalue weighted by molar-refractivity contribution is 5.46. The van der Waals surface area contributed by atoms with Gasteiger partial charge in [0.2, 0.25) is 0 Å². The second-order valence-electron chi connectivity index (χ2n) is 4.68. The Labute approximate surface area is 96.5 Å². The van der Waals surface area contributed by atoms with E-state index in [0.29, 0.717) is 12.1 Å². The first-order valence-corrected chi connectivity index (χ1v) is 5.91. The number of hydrogen-bond donors (Lipinski definition) is 1. The fraction of sp³-hybridized carbons (Fsp3) is 0.538. The molecule has 0 aromatic heterocycles. The van der Waals surface area contributed by atoms with Crippen molar-refractivity contribution < 1.29 is 4.39 Å². The molecule has 2 atom stereocenters. The highest BCUT2D eigenvalue weighted by atomic mass is 19.1. The summed E-state index contributed by atoms with van der Waals surface area (Å²) < 4.78 is 13.2. The molecular weight excluding hydrogens is 203 g/mol. The minimum absolute atomic E-state index is 0.157. The van der Waals surface area contributed by atoms with Crippen LogP contribution in [0, 0.1) is 5.82 Å². The SMILES string of the molecule is CC1CCN(c2cccc(F)c2)CC(C)N1. The molecule has 2 unspecified atom stereocenters. The highest BCUT2D eigenvalue weighted by Gasteiger charge is 2.18. The van der Waals surface area contributed by atoms with Crippen LogP contribution in [0.3, 0.4) is 0 Å². The molecule has 1 aromatic rings. The number of halogens is 1. The van der Waals surface area contributed by atoms with Crippen LogP contribution in [-0.2, 0) is 0 Å². The van der Waals surface area contributed by atoms with Crippen LogP contribution in [0.2, 0.25) is 0 Å². The first-order valence-electron chi connectivity index (χ1n) is 5.91. The van der Waals surface area contributed by atoms with Crippen molar-refractivity contribution in [2.75, 3.05) is 18.0 Å². The molecule has 2 rings (SSSR count). The molecular formula is C13H19FN2. The molecule has 16 heavy (non-hydrogen) atoms. The Morgan fingerprint density at radius 1 is 1.31 bits per heavy atom. The molecule has 0 radical (unpaired) electrons. The standard InChI is InChI=1S/C13H19FN2/c1-10-6-7-16(9-11(2)15-10)13-5-3-4-12(14)8-13/h3-5,8,10-11,15H,6-7,9H2,1-2H3. The van der Waals surface area contributed by atoms with Crippen LogP contribution < -0.4 is 10.2 Å². The van der Waals surface area contributed by atoms with Gasteiger partial charge in [0, 0.05) is 30.9 Å². The Balaban J connectivity index is 2.14. The zero-order valence-corrected chi connectivity index (χ0v) is 9.91. The monoisotopic (exact) mass is 222 g/mol. The van der Waals surface area contributed by atoms with Crippen LogP contribution in [0.5, 0.6) is 0 Å². The molecule has 0 amide bonds. The van der Waals surface area contributed by atoms with Crippen molar-refractivity contribution in [2.45, 2.75) is 32.4 Å². The molecule has 2 nitrogen and oxygen atoms in total. The third-order valence-corrected chi connectivity index (χ3v) is 3.07. The van der Waals surface area contributed by atoms with E-state index >= 15 is 0 Å². The van der Waals surface area contributed by atoms with E-state index in [0.717, 1.165) is 25.2 Å². The van der Waals surface area contributed by atoms with Crippen molar-refractivity contribution in [3.05, 3.63) is 30.1 Å². The number of hydrogen-bond acceptors (Lipinski definition) is 2. The number of anilines is 1. The molecule has 0 bridgehead atoms. The summed E-state index contributed by atoms with van der Waals surface area (Å²) in [5.74, 6) is -0.157. The molecule has 1 aliphatic heterocycles. The summed E-state index contributed by atoms with van der Waals surface area (Å²) in [7, 11) is 0. The van der Waals surface area contributed by atoms with Crippen LogP contribution in [0.4, 0.5) is 10.1 Å². The van der Waals surface area contributed by atoms with Gasteiger partial charge in [-0.25, -0.2) is 4.39 Å². The van der Waals surface area contributed by atoms with E-state index in [9.17, 15) is 4.39 Å². The summed E-state index contributed by atoms with van der Waals surface area (Å²) >= 11 is 0. The Morgan fingerprint density at radius 3 is 2.88 bits per heavy atom. The molecule has 1 aromatic carbocycles. The average molecular weight is 222 g/mol. The zero-order chi connectivity index (χ0) is 11.5. The minimum Gasteiger partial charge on any atom is -0.370 e. The summed E-state index contributed by atoms with van der Waals surface area (Å²) in [6.07, 6.45) is 1.10. The van der Waals surface area contributed by atoms with Crippen molar-refractivity contribution in [3.63, 3.8) is 0 Å². The van der Waals surface area contributed by atoms with Gasteiger partial charge in [0.05, 0.1) is 0 Å². The van der Waals surface area contributed by atoms with E-state index in [1.807, 2.05) is 6.07 Å². The van der Waals surface area contributed by atoms with E-state index in [1.54, 1.807) is 12.1 Å². The molecule has 1 N–H and O–H groups in total. The van der Waals surface area contributed by atoms with E-state index in [1.165, 1.54) is 6.07 Å². The second-order valence-corrected chi connectivity index (χ2v) is 4.68. The second kappa shape index (κ2) is 4.83. The third-order valence-electron chi connectivity index (χ3n) is 3.07. The van der Waals surface area contributed by atoms with E-state index < -0.39 is 0 Å². The molecule has 0 aliphatic carbocycles. The summed E-state index contributed by atoms with van der Waals surface area (Å²) in [6, 6.07) is 7.84. The van der Waals surface area contributed by atoms with Crippen LogP contribution in [0.15, 0.2) is 24.3 Å². The van der Waals surface area contributed by atoms with E-state index in [-0.39, 0.29) is 5.82 Å². The Kier molecular flexibility index (Phi) is 3.44. The van der Waals surface area contributed by atoms with Crippen LogP contribution in [0.1, 0.15) is 20.3 Å². The number of nitrogens with zero attached hydrogens (tertiary/aromatic N) is 1. The van der Waals surface area contributed by atoms with Gasteiger partial charge in [0.25, 0.3) is 0 Å². The van der Waals surface area contributed by atoms with E-state index in [2.05, 4.69) is 24.1 Å². The van der Waals surface area contributed by atoms with Gasteiger partial charge in [-0.1, -0.05) is 6.07 Å². The first-order chi connectivity index (χ1) is 7.65.